The molecule has 0 aliphatic heterocycles. The second kappa shape index (κ2) is 9.51. The molecular weight excluding hydrogens is 434 g/mol. The van der Waals surface area contributed by atoms with Crippen molar-refractivity contribution in [1.82, 2.24) is 15.3 Å². The number of benzene rings is 1. The third kappa shape index (κ3) is 5.13. The molecule has 3 aromatic heterocycles. The number of thiophene rings is 1. The summed E-state index contributed by atoms with van der Waals surface area (Å²) in [7, 11) is 0. The molecular formula is C22H21N3O2S3. The molecule has 1 amide bonds. The van der Waals surface area contributed by atoms with Crippen molar-refractivity contribution in [2.24, 2.45) is 0 Å². The number of hydrogen-bond acceptors (Lipinski definition) is 7. The van der Waals surface area contributed by atoms with Gasteiger partial charge >= 0.3 is 0 Å². The van der Waals surface area contributed by atoms with Crippen molar-refractivity contribution in [3.05, 3.63) is 73.3 Å². The minimum Gasteiger partial charge on any atom is -0.486 e. The van der Waals surface area contributed by atoms with E-state index in [1.807, 2.05) is 37.4 Å². The lowest BCUT2D eigenvalue weighted by molar-refractivity contribution is 0.0949. The number of thiazole rings is 2. The number of ether oxygens (including phenoxy) is 1. The molecule has 0 spiro atoms. The Bertz CT molecular complexity index is 1150. The van der Waals surface area contributed by atoms with E-state index < -0.39 is 0 Å². The highest BCUT2D eigenvalue weighted by molar-refractivity contribution is 7.16. The van der Waals surface area contributed by atoms with Crippen LogP contribution in [0.3, 0.4) is 0 Å². The second-order valence-electron chi connectivity index (χ2n) is 6.67. The van der Waals surface area contributed by atoms with Crippen molar-refractivity contribution in [2.45, 2.75) is 26.9 Å². The zero-order chi connectivity index (χ0) is 20.9. The average Bonchev–Trinajstić information content (AvgIpc) is 3.48. The molecule has 8 heteroatoms. The zero-order valence-electron chi connectivity index (χ0n) is 16.7. The van der Waals surface area contributed by atoms with Gasteiger partial charge in [-0.3, -0.25) is 4.79 Å². The van der Waals surface area contributed by atoms with Crippen molar-refractivity contribution >= 4 is 39.9 Å². The fourth-order valence-electron chi connectivity index (χ4n) is 2.93. The van der Waals surface area contributed by atoms with Gasteiger partial charge in [0.15, 0.2) is 0 Å². The van der Waals surface area contributed by atoms with Gasteiger partial charge in [-0.1, -0.05) is 12.1 Å². The highest BCUT2D eigenvalue weighted by Gasteiger charge is 2.13. The fourth-order valence-corrected chi connectivity index (χ4v) is 5.18. The van der Waals surface area contributed by atoms with Gasteiger partial charge in [-0.25, -0.2) is 9.97 Å². The lowest BCUT2D eigenvalue weighted by Gasteiger charge is -2.11. The summed E-state index contributed by atoms with van der Waals surface area (Å²) in [4.78, 5) is 24.0. The number of aryl methyl sites for hydroxylation is 2. The Morgan fingerprint density at radius 3 is 2.60 bits per heavy atom. The van der Waals surface area contributed by atoms with Gasteiger partial charge in [-0.05, 0) is 44.5 Å². The van der Waals surface area contributed by atoms with Crippen molar-refractivity contribution in [2.75, 3.05) is 6.54 Å². The van der Waals surface area contributed by atoms with Crippen molar-refractivity contribution in [3.8, 4) is 16.3 Å². The molecule has 0 saturated carbocycles. The summed E-state index contributed by atoms with van der Waals surface area (Å²) in [6.07, 6.45) is 0.778. The van der Waals surface area contributed by atoms with Crippen LogP contribution in [0.1, 0.15) is 30.9 Å². The quantitative estimate of drug-likeness (QED) is 0.381. The van der Waals surface area contributed by atoms with Gasteiger partial charge in [-0.2, -0.15) is 0 Å². The van der Waals surface area contributed by atoms with Crippen LogP contribution in [0.2, 0.25) is 0 Å². The molecule has 1 N–H and O–H groups in total. The van der Waals surface area contributed by atoms with Crippen LogP contribution in [0.5, 0.6) is 5.75 Å². The predicted molar refractivity (Wildman–Crippen MR) is 124 cm³/mol. The van der Waals surface area contributed by atoms with E-state index in [0.717, 1.165) is 32.7 Å². The topological polar surface area (TPSA) is 64.1 Å². The number of amides is 1. The van der Waals surface area contributed by atoms with Crippen LogP contribution in [-0.4, -0.2) is 22.4 Å². The number of rotatable bonds is 8. The van der Waals surface area contributed by atoms with Crippen LogP contribution in [0.15, 0.2) is 47.2 Å². The van der Waals surface area contributed by atoms with E-state index >= 15 is 0 Å². The Morgan fingerprint density at radius 2 is 1.83 bits per heavy atom. The predicted octanol–water partition coefficient (Wildman–Crippen LogP) is 5.50. The Hall–Kier alpha value is -2.55. The van der Waals surface area contributed by atoms with Crippen molar-refractivity contribution < 1.29 is 9.53 Å². The molecule has 1 aromatic carbocycles. The van der Waals surface area contributed by atoms with Gasteiger partial charge in [0.1, 0.15) is 12.4 Å². The average molecular weight is 456 g/mol. The van der Waals surface area contributed by atoms with Gasteiger partial charge in [0.05, 0.1) is 31.8 Å². The Labute approximate surface area is 187 Å². The normalized spacial score (nSPS) is 10.9. The molecule has 154 valence electrons. The number of para-hydroxylation sites is 1. The highest BCUT2D eigenvalue weighted by Crippen LogP contribution is 2.29. The maximum atomic E-state index is 12.7. The molecule has 30 heavy (non-hydrogen) atoms. The standard InChI is InChI=1S/C22H21N3O2S3/c1-14-24-16(12-28-14)11-27-20-6-4-3-5-18(20)22(26)23-10-9-17-7-8-21(30-17)19-13-29-15(2)25-19/h3-8,12-13H,9-11H2,1-2H3,(H,23,26). The van der Waals surface area contributed by atoms with E-state index in [4.69, 9.17) is 4.74 Å². The summed E-state index contributed by atoms with van der Waals surface area (Å²) in [6, 6.07) is 11.5. The number of nitrogens with one attached hydrogen (secondary N) is 1. The zero-order valence-corrected chi connectivity index (χ0v) is 19.1. The monoisotopic (exact) mass is 455 g/mol. The van der Waals surface area contributed by atoms with E-state index in [1.54, 1.807) is 40.1 Å². The van der Waals surface area contributed by atoms with Crippen LogP contribution in [0.25, 0.3) is 10.6 Å². The molecule has 0 radical (unpaired) electrons. The van der Waals surface area contributed by atoms with Gasteiger partial charge in [0.2, 0.25) is 0 Å². The molecule has 0 aliphatic carbocycles. The third-order valence-corrected chi connectivity index (χ3v) is 7.13. The number of aromatic nitrogens is 2. The van der Waals surface area contributed by atoms with Gasteiger partial charge in [0, 0.05) is 22.2 Å². The third-order valence-electron chi connectivity index (χ3n) is 4.36. The summed E-state index contributed by atoms with van der Waals surface area (Å²) in [5.41, 5.74) is 2.44. The molecule has 0 saturated heterocycles. The van der Waals surface area contributed by atoms with Crippen LogP contribution in [-0.2, 0) is 13.0 Å². The summed E-state index contributed by atoms with van der Waals surface area (Å²) in [6.45, 7) is 4.89. The van der Waals surface area contributed by atoms with Crippen LogP contribution < -0.4 is 10.1 Å². The fraction of sp³-hybridized carbons (Fsp3) is 0.227. The van der Waals surface area contributed by atoms with Gasteiger partial charge in [-0.15, -0.1) is 34.0 Å². The maximum absolute atomic E-state index is 12.7. The molecule has 0 fully saturated rings. The number of carbonyl (C=O) groups excluding carboxylic acids is 1. The molecule has 0 unspecified atom stereocenters. The minimum absolute atomic E-state index is 0.132. The number of carbonyl (C=O) groups is 1. The molecule has 4 aromatic rings. The van der Waals surface area contributed by atoms with E-state index in [0.29, 0.717) is 24.5 Å². The highest BCUT2D eigenvalue weighted by atomic mass is 32.1. The first-order valence-corrected chi connectivity index (χ1v) is 12.1. The van der Waals surface area contributed by atoms with E-state index in [2.05, 4.69) is 32.8 Å². The minimum atomic E-state index is -0.132. The van der Waals surface area contributed by atoms with E-state index in [-0.39, 0.29) is 5.91 Å². The number of hydrogen-bond donors (Lipinski definition) is 1. The molecule has 0 bridgehead atoms. The summed E-state index contributed by atoms with van der Waals surface area (Å²) >= 11 is 4.96. The smallest absolute Gasteiger partial charge is 0.255 e. The van der Waals surface area contributed by atoms with Crippen molar-refractivity contribution in [1.29, 1.82) is 0 Å². The van der Waals surface area contributed by atoms with Gasteiger partial charge < -0.3 is 10.1 Å². The first-order valence-electron chi connectivity index (χ1n) is 9.51. The number of nitrogens with zero attached hydrogens (tertiary/aromatic N) is 2. The van der Waals surface area contributed by atoms with Gasteiger partial charge in [0.25, 0.3) is 5.91 Å². The Kier molecular flexibility index (Phi) is 6.56. The summed E-state index contributed by atoms with van der Waals surface area (Å²) < 4.78 is 5.86. The Morgan fingerprint density at radius 1 is 1.03 bits per heavy atom. The second-order valence-corrected chi connectivity index (χ2v) is 9.96. The lowest BCUT2D eigenvalue weighted by atomic mass is 10.2. The maximum Gasteiger partial charge on any atom is 0.255 e. The SMILES string of the molecule is Cc1nc(COc2ccccc2C(=O)NCCc2ccc(-c3csc(C)n3)s2)cs1. The van der Waals surface area contributed by atoms with Crippen LogP contribution >= 0.6 is 34.0 Å². The molecule has 0 atom stereocenters. The van der Waals surface area contributed by atoms with Crippen LogP contribution in [0, 0.1) is 13.8 Å². The molecule has 0 aliphatic rings. The largest absolute Gasteiger partial charge is 0.486 e. The Balaban J connectivity index is 1.32. The van der Waals surface area contributed by atoms with E-state index in [9.17, 15) is 4.79 Å². The molecule has 5 nitrogen and oxygen atoms in total. The first kappa shape index (κ1) is 20.7. The molecule has 3 heterocycles. The summed E-state index contributed by atoms with van der Waals surface area (Å²) in [5.74, 6) is 0.435. The summed E-state index contributed by atoms with van der Waals surface area (Å²) in [5, 5.41) is 9.13. The first-order chi connectivity index (χ1) is 14.6. The lowest BCUT2D eigenvalue weighted by Crippen LogP contribution is -2.26. The van der Waals surface area contributed by atoms with E-state index in [1.165, 1.54) is 4.88 Å². The van der Waals surface area contributed by atoms with Crippen molar-refractivity contribution in [3.63, 3.8) is 0 Å². The molecule has 4 rings (SSSR count). The van der Waals surface area contributed by atoms with Crippen LogP contribution in [0.4, 0.5) is 0 Å².